The number of esters is 1. The first-order valence-corrected chi connectivity index (χ1v) is 7.26. The molecule has 0 fully saturated rings. The monoisotopic (exact) mass is 379 g/mol. The lowest BCUT2D eigenvalue weighted by Gasteiger charge is -2.15. The molecule has 0 aliphatic heterocycles. The van der Waals surface area contributed by atoms with Gasteiger partial charge in [-0.05, 0) is 24.3 Å². The Bertz CT molecular complexity index is 814. The number of methoxy groups -OCH3 is 1. The van der Waals surface area contributed by atoms with Crippen LogP contribution < -0.4 is 5.69 Å². The lowest BCUT2D eigenvalue weighted by molar-refractivity contribution is -0.207. The van der Waals surface area contributed by atoms with E-state index in [2.05, 4.69) is 9.84 Å². The Morgan fingerprint density at radius 1 is 1.36 bits per heavy atom. The molecule has 25 heavy (non-hydrogen) atoms. The molecular formula is C14H13ClF3N3O4. The van der Waals surface area contributed by atoms with Crippen molar-refractivity contribution in [2.45, 2.75) is 25.4 Å². The number of carbonyl (C=O) groups is 1. The third kappa shape index (κ3) is 4.40. The van der Waals surface area contributed by atoms with Gasteiger partial charge >= 0.3 is 17.8 Å². The topological polar surface area (TPSA) is 86.3 Å². The van der Waals surface area contributed by atoms with E-state index >= 15 is 0 Å². The van der Waals surface area contributed by atoms with E-state index in [1.807, 2.05) is 0 Å². The summed E-state index contributed by atoms with van der Waals surface area (Å²) >= 11 is 5.76. The van der Waals surface area contributed by atoms with Gasteiger partial charge in [0, 0.05) is 10.6 Å². The molecular weight excluding hydrogens is 367 g/mol. The van der Waals surface area contributed by atoms with Crippen molar-refractivity contribution < 1.29 is 27.8 Å². The molecule has 7 nitrogen and oxygen atoms in total. The van der Waals surface area contributed by atoms with Crippen LogP contribution in [0.1, 0.15) is 0 Å². The summed E-state index contributed by atoms with van der Waals surface area (Å²) in [5.74, 6) is -0.945. The molecule has 0 saturated heterocycles. The number of nitrogens with zero attached hydrogens (tertiary/aromatic N) is 3. The molecule has 0 aliphatic carbocycles. The molecule has 1 aromatic carbocycles. The van der Waals surface area contributed by atoms with Crippen LogP contribution in [0.2, 0.25) is 5.02 Å². The molecule has 11 heteroatoms. The smallest absolute Gasteiger partial charge is 0.416 e. The van der Waals surface area contributed by atoms with Gasteiger partial charge in [0.15, 0.2) is 11.9 Å². The number of halogens is 4. The molecule has 1 atom stereocenters. The first kappa shape index (κ1) is 19.0. The minimum Gasteiger partial charge on any atom is -0.468 e. The predicted octanol–water partition coefficient (Wildman–Crippen LogP) is 1.46. The van der Waals surface area contributed by atoms with Gasteiger partial charge in [0.25, 0.3) is 0 Å². The van der Waals surface area contributed by atoms with Crippen molar-refractivity contribution in [1.82, 2.24) is 14.3 Å². The van der Waals surface area contributed by atoms with Crippen molar-refractivity contribution >= 4 is 17.6 Å². The van der Waals surface area contributed by atoms with Crippen LogP contribution in [0, 0.1) is 0 Å². The van der Waals surface area contributed by atoms with Gasteiger partial charge in [-0.15, -0.1) is 5.10 Å². The number of alkyl halides is 3. The molecule has 0 bridgehead atoms. The number of hydrogen-bond donors (Lipinski definition) is 1. The van der Waals surface area contributed by atoms with Crippen LogP contribution in [0.15, 0.2) is 29.1 Å². The van der Waals surface area contributed by atoms with Crippen molar-refractivity contribution in [2.24, 2.45) is 0 Å². The van der Waals surface area contributed by atoms with E-state index in [0.717, 1.165) is 7.11 Å². The van der Waals surface area contributed by atoms with Crippen molar-refractivity contribution in [1.29, 1.82) is 0 Å². The standard InChI is InChI=1S/C14H13ClF3N3O4/c1-25-11(23)7-21-13(24)20(6-10(22)14(16,17)18)12(19-21)8-2-4-9(15)5-3-8/h2-5,10,22H,6-7H2,1H3. The van der Waals surface area contributed by atoms with Gasteiger partial charge in [-0.3, -0.25) is 9.36 Å². The third-order valence-electron chi connectivity index (χ3n) is 3.27. The summed E-state index contributed by atoms with van der Waals surface area (Å²) in [7, 11) is 1.10. The highest BCUT2D eigenvalue weighted by atomic mass is 35.5. The Kier molecular flexibility index (Phi) is 5.53. The Labute approximate surface area is 144 Å². The summed E-state index contributed by atoms with van der Waals surface area (Å²) in [6, 6.07) is 5.82. The van der Waals surface area contributed by atoms with Crippen LogP contribution in [-0.4, -0.2) is 44.8 Å². The van der Waals surface area contributed by atoms with E-state index < -0.39 is 37.0 Å². The molecule has 0 aliphatic rings. The van der Waals surface area contributed by atoms with Crippen molar-refractivity contribution in [3.8, 4) is 11.4 Å². The molecule has 0 saturated carbocycles. The number of aliphatic hydroxyl groups is 1. The van der Waals surface area contributed by atoms with Crippen LogP contribution in [-0.2, 0) is 22.6 Å². The summed E-state index contributed by atoms with van der Waals surface area (Å²) in [5, 5.41) is 13.5. The number of benzene rings is 1. The van der Waals surface area contributed by atoms with Gasteiger partial charge in [0.1, 0.15) is 6.54 Å². The average Bonchev–Trinajstić information content (AvgIpc) is 2.84. The van der Waals surface area contributed by atoms with E-state index in [1.165, 1.54) is 24.3 Å². The molecule has 1 aromatic heterocycles. The zero-order valence-electron chi connectivity index (χ0n) is 12.8. The summed E-state index contributed by atoms with van der Waals surface area (Å²) in [6.07, 6.45) is -7.69. The third-order valence-corrected chi connectivity index (χ3v) is 3.52. The minimum atomic E-state index is -4.92. The summed E-state index contributed by atoms with van der Waals surface area (Å²) in [6.45, 7) is -1.65. The molecule has 1 N–H and O–H groups in total. The van der Waals surface area contributed by atoms with Crippen LogP contribution in [0.5, 0.6) is 0 Å². The maximum Gasteiger partial charge on any atom is 0.416 e. The SMILES string of the molecule is COC(=O)Cn1nc(-c2ccc(Cl)cc2)n(CC(O)C(F)(F)F)c1=O. The molecule has 2 aromatic rings. The second-order valence-corrected chi connectivity index (χ2v) is 5.45. The van der Waals surface area contributed by atoms with Gasteiger partial charge in [-0.25, -0.2) is 9.48 Å². The molecule has 0 radical (unpaired) electrons. The highest BCUT2D eigenvalue weighted by molar-refractivity contribution is 6.30. The largest absolute Gasteiger partial charge is 0.468 e. The van der Waals surface area contributed by atoms with E-state index in [9.17, 15) is 27.9 Å². The molecule has 0 spiro atoms. The fraction of sp³-hybridized carbons (Fsp3) is 0.357. The van der Waals surface area contributed by atoms with Gasteiger partial charge in [-0.2, -0.15) is 13.2 Å². The highest BCUT2D eigenvalue weighted by Gasteiger charge is 2.39. The maximum atomic E-state index is 12.6. The first-order chi connectivity index (χ1) is 11.6. The van der Waals surface area contributed by atoms with Gasteiger partial charge < -0.3 is 9.84 Å². The zero-order chi connectivity index (χ0) is 18.8. The van der Waals surface area contributed by atoms with Gasteiger partial charge in [0.2, 0.25) is 0 Å². The van der Waals surface area contributed by atoms with Gasteiger partial charge in [0.05, 0.1) is 13.7 Å². The fourth-order valence-corrected chi connectivity index (χ4v) is 2.11. The van der Waals surface area contributed by atoms with Crippen molar-refractivity contribution in [3.05, 3.63) is 39.8 Å². The number of ether oxygens (including phenoxy) is 1. The second-order valence-electron chi connectivity index (χ2n) is 5.01. The minimum absolute atomic E-state index is 0.145. The van der Waals surface area contributed by atoms with E-state index in [0.29, 0.717) is 19.8 Å². The van der Waals surface area contributed by atoms with E-state index in [1.54, 1.807) is 0 Å². The second kappa shape index (κ2) is 7.28. The first-order valence-electron chi connectivity index (χ1n) is 6.88. The molecule has 136 valence electrons. The van der Waals surface area contributed by atoms with Gasteiger partial charge in [-0.1, -0.05) is 11.6 Å². The molecule has 0 amide bonds. The predicted molar refractivity (Wildman–Crippen MR) is 81.0 cm³/mol. The fourth-order valence-electron chi connectivity index (χ4n) is 1.98. The zero-order valence-corrected chi connectivity index (χ0v) is 13.6. The number of carbonyl (C=O) groups excluding carboxylic acids is 1. The lowest BCUT2D eigenvalue weighted by Crippen LogP contribution is -2.37. The van der Waals surface area contributed by atoms with Crippen LogP contribution in [0.25, 0.3) is 11.4 Å². The number of rotatable bonds is 5. The Hall–Kier alpha value is -2.33. The van der Waals surface area contributed by atoms with Crippen LogP contribution >= 0.6 is 11.6 Å². The quantitative estimate of drug-likeness (QED) is 0.795. The maximum absolute atomic E-state index is 12.6. The molecule has 1 heterocycles. The van der Waals surface area contributed by atoms with E-state index in [4.69, 9.17) is 11.6 Å². The lowest BCUT2D eigenvalue weighted by atomic mass is 10.2. The number of aliphatic hydroxyl groups excluding tert-OH is 1. The van der Waals surface area contributed by atoms with E-state index in [-0.39, 0.29) is 5.82 Å². The van der Waals surface area contributed by atoms with Crippen LogP contribution in [0.4, 0.5) is 13.2 Å². The Morgan fingerprint density at radius 2 is 1.96 bits per heavy atom. The summed E-state index contributed by atoms with van der Waals surface area (Å²) < 4.78 is 43.7. The Balaban J connectivity index is 2.51. The average molecular weight is 380 g/mol. The molecule has 1 unspecified atom stereocenters. The number of hydrogen-bond acceptors (Lipinski definition) is 5. The number of aromatic nitrogens is 3. The Morgan fingerprint density at radius 3 is 2.48 bits per heavy atom. The normalized spacial score (nSPS) is 12.9. The summed E-state index contributed by atoms with van der Waals surface area (Å²) in [5.41, 5.74) is -0.696. The summed E-state index contributed by atoms with van der Waals surface area (Å²) in [4.78, 5) is 23.6. The van der Waals surface area contributed by atoms with Crippen molar-refractivity contribution in [3.63, 3.8) is 0 Å². The highest BCUT2D eigenvalue weighted by Crippen LogP contribution is 2.23. The van der Waals surface area contributed by atoms with Crippen LogP contribution in [0.3, 0.4) is 0 Å². The molecule has 2 rings (SSSR count). The van der Waals surface area contributed by atoms with Crippen molar-refractivity contribution in [2.75, 3.05) is 7.11 Å².